The van der Waals surface area contributed by atoms with Crippen molar-refractivity contribution in [2.75, 3.05) is 18.4 Å². The van der Waals surface area contributed by atoms with E-state index in [4.69, 9.17) is 10.8 Å². The number of carboxylic acids is 1. The standard InChI is InChI=1S/C12H14FN3O3/c13-10-2-1-8(5-9(10)11(17)18)15-12(19)16-4-3-7(14)6-16/h1-2,5,7H,3-4,6,14H2,(H,15,19)(H,17,18). The molecular weight excluding hydrogens is 253 g/mol. The Hall–Kier alpha value is -2.15. The van der Waals surface area contributed by atoms with Crippen molar-refractivity contribution in [2.45, 2.75) is 12.5 Å². The maximum absolute atomic E-state index is 13.2. The van der Waals surface area contributed by atoms with Crippen LogP contribution in [0.2, 0.25) is 0 Å². The van der Waals surface area contributed by atoms with Gasteiger partial charge in [-0.1, -0.05) is 0 Å². The molecule has 0 aromatic heterocycles. The Morgan fingerprint density at radius 3 is 2.79 bits per heavy atom. The van der Waals surface area contributed by atoms with Crippen LogP contribution in [0, 0.1) is 5.82 Å². The molecule has 0 aliphatic carbocycles. The molecule has 0 radical (unpaired) electrons. The monoisotopic (exact) mass is 267 g/mol. The van der Waals surface area contributed by atoms with Crippen LogP contribution in [-0.2, 0) is 0 Å². The van der Waals surface area contributed by atoms with E-state index in [1.165, 1.54) is 11.0 Å². The Morgan fingerprint density at radius 1 is 1.47 bits per heavy atom. The lowest BCUT2D eigenvalue weighted by Crippen LogP contribution is -2.35. The van der Waals surface area contributed by atoms with E-state index in [1.54, 1.807) is 0 Å². The molecule has 6 nitrogen and oxygen atoms in total. The minimum atomic E-state index is -1.38. The Morgan fingerprint density at radius 2 is 2.21 bits per heavy atom. The van der Waals surface area contributed by atoms with Crippen molar-refractivity contribution in [1.82, 2.24) is 4.90 Å². The van der Waals surface area contributed by atoms with Gasteiger partial charge in [0.05, 0.1) is 5.56 Å². The summed E-state index contributed by atoms with van der Waals surface area (Å²) in [5.41, 5.74) is 5.46. The van der Waals surface area contributed by atoms with Crippen LogP contribution in [0.5, 0.6) is 0 Å². The molecule has 1 aliphatic heterocycles. The van der Waals surface area contributed by atoms with Gasteiger partial charge in [-0.15, -0.1) is 0 Å². The molecule has 0 saturated carbocycles. The normalized spacial score (nSPS) is 18.4. The molecule has 4 N–H and O–H groups in total. The molecule has 1 atom stereocenters. The van der Waals surface area contributed by atoms with Crippen LogP contribution in [-0.4, -0.2) is 41.1 Å². The summed E-state index contributed by atoms with van der Waals surface area (Å²) in [5, 5.41) is 11.3. The largest absolute Gasteiger partial charge is 0.478 e. The van der Waals surface area contributed by atoms with Crippen LogP contribution < -0.4 is 11.1 Å². The summed E-state index contributed by atoms with van der Waals surface area (Å²) < 4.78 is 13.2. The molecule has 1 aliphatic rings. The second kappa shape index (κ2) is 5.23. The Bertz CT molecular complexity index is 521. The van der Waals surface area contributed by atoms with Gasteiger partial charge in [0.1, 0.15) is 5.82 Å². The third-order valence-electron chi connectivity index (χ3n) is 2.96. The molecule has 0 bridgehead atoms. The van der Waals surface area contributed by atoms with Crippen molar-refractivity contribution < 1.29 is 19.1 Å². The lowest BCUT2D eigenvalue weighted by molar-refractivity contribution is 0.0692. The highest BCUT2D eigenvalue weighted by Crippen LogP contribution is 2.16. The number of halogens is 1. The van der Waals surface area contributed by atoms with Gasteiger partial charge in [0.2, 0.25) is 0 Å². The molecule has 1 fully saturated rings. The van der Waals surface area contributed by atoms with Gasteiger partial charge >= 0.3 is 12.0 Å². The Balaban J connectivity index is 2.09. The molecule has 1 heterocycles. The van der Waals surface area contributed by atoms with E-state index in [0.717, 1.165) is 18.6 Å². The van der Waals surface area contributed by atoms with Gasteiger partial charge in [-0.25, -0.2) is 14.0 Å². The number of hydrogen-bond donors (Lipinski definition) is 3. The first-order valence-electron chi connectivity index (χ1n) is 5.81. The molecule has 0 spiro atoms. The summed E-state index contributed by atoms with van der Waals surface area (Å²) in [5.74, 6) is -2.22. The van der Waals surface area contributed by atoms with Crippen LogP contribution in [0.3, 0.4) is 0 Å². The third-order valence-corrected chi connectivity index (χ3v) is 2.96. The van der Waals surface area contributed by atoms with Gasteiger partial charge in [0.25, 0.3) is 0 Å². The van der Waals surface area contributed by atoms with Gasteiger partial charge in [0.15, 0.2) is 0 Å². The SMILES string of the molecule is NC1CCN(C(=O)Nc2ccc(F)c(C(=O)O)c2)C1. The molecule has 2 amide bonds. The maximum atomic E-state index is 13.2. The zero-order chi connectivity index (χ0) is 14.0. The summed E-state index contributed by atoms with van der Waals surface area (Å²) >= 11 is 0. The van der Waals surface area contributed by atoms with E-state index < -0.39 is 17.3 Å². The second-order valence-corrected chi connectivity index (χ2v) is 4.42. The van der Waals surface area contributed by atoms with E-state index in [2.05, 4.69) is 5.32 Å². The van der Waals surface area contributed by atoms with Gasteiger partial charge in [-0.3, -0.25) is 0 Å². The summed E-state index contributed by atoms with van der Waals surface area (Å²) in [7, 11) is 0. The minimum absolute atomic E-state index is 0.0338. The van der Waals surface area contributed by atoms with Crippen LogP contribution in [0.25, 0.3) is 0 Å². The average Bonchev–Trinajstić information content (AvgIpc) is 2.78. The quantitative estimate of drug-likeness (QED) is 0.747. The number of likely N-dealkylation sites (tertiary alicyclic amines) is 1. The number of rotatable bonds is 2. The van der Waals surface area contributed by atoms with E-state index >= 15 is 0 Å². The number of anilines is 1. The Kier molecular flexibility index (Phi) is 3.66. The predicted molar refractivity (Wildman–Crippen MR) is 66.5 cm³/mol. The van der Waals surface area contributed by atoms with Crippen LogP contribution >= 0.6 is 0 Å². The van der Waals surface area contributed by atoms with E-state index in [-0.39, 0.29) is 17.8 Å². The molecular formula is C12H14FN3O3. The summed E-state index contributed by atoms with van der Waals surface area (Å²) in [4.78, 5) is 24.2. The van der Waals surface area contributed by atoms with Crippen LogP contribution in [0.1, 0.15) is 16.8 Å². The van der Waals surface area contributed by atoms with Crippen molar-refractivity contribution >= 4 is 17.7 Å². The lowest BCUT2D eigenvalue weighted by atomic mass is 10.2. The molecule has 102 valence electrons. The number of amides is 2. The molecule has 7 heteroatoms. The van der Waals surface area contributed by atoms with Crippen LogP contribution in [0.15, 0.2) is 18.2 Å². The fourth-order valence-electron chi connectivity index (χ4n) is 1.94. The number of nitrogens with one attached hydrogen (secondary N) is 1. The number of carbonyl (C=O) groups excluding carboxylic acids is 1. The topological polar surface area (TPSA) is 95.7 Å². The van der Waals surface area contributed by atoms with E-state index in [9.17, 15) is 14.0 Å². The van der Waals surface area contributed by atoms with Gasteiger partial charge < -0.3 is 21.1 Å². The number of nitrogens with two attached hydrogens (primary N) is 1. The molecule has 1 aromatic carbocycles. The number of carbonyl (C=O) groups is 2. The number of urea groups is 1. The summed E-state index contributed by atoms with van der Waals surface area (Å²) in [6.07, 6.45) is 0.733. The van der Waals surface area contributed by atoms with Crippen molar-refractivity contribution in [3.05, 3.63) is 29.6 Å². The molecule has 1 unspecified atom stereocenters. The molecule has 1 saturated heterocycles. The molecule has 1 aromatic rings. The third kappa shape index (κ3) is 3.00. The highest BCUT2D eigenvalue weighted by molar-refractivity contribution is 5.93. The van der Waals surface area contributed by atoms with Gasteiger partial charge in [0, 0.05) is 24.8 Å². The van der Waals surface area contributed by atoms with Crippen LogP contribution in [0.4, 0.5) is 14.9 Å². The first-order chi connectivity index (χ1) is 8.97. The average molecular weight is 267 g/mol. The van der Waals surface area contributed by atoms with Crippen molar-refractivity contribution in [2.24, 2.45) is 5.73 Å². The summed E-state index contributed by atoms with van der Waals surface area (Å²) in [6.45, 7) is 1.01. The lowest BCUT2D eigenvalue weighted by Gasteiger charge is -2.16. The predicted octanol–water partition coefficient (Wildman–Crippen LogP) is 1.09. The second-order valence-electron chi connectivity index (χ2n) is 4.42. The van der Waals surface area contributed by atoms with Crippen molar-refractivity contribution in [1.29, 1.82) is 0 Å². The van der Waals surface area contributed by atoms with Gasteiger partial charge in [-0.05, 0) is 24.6 Å². The fourth-order valence-corrected chi connectivity index (χ4v) is 1.94. The highest BCUT2D eigenvalue weighted by atomic mass is 19.1. The number of hydrogen-bond acceptors (Lipinski definition) is 3. The zero-order valence-corrected chi connectivity index (χ0v) is 10.1. The summed E-state index contributed by atoms with van der Waals surface area (Å²) in [6, 6.07) is 3.01. The van der Waals surface area contributed by atoms with E-state index in [0.29, 0.717) is 13.1 Å². The molecule has 19 heavy (non-hydrogen) atoms. The Labute approximate surface area is 109 Å². The highest BCUT2D eigenvalue weighted by Gasteiger charge is 2.23. The number of benzene rings is 1. The smallest absolute Gasteiger partial charge is 0.338 e. The van der Waals surface area contributed by atoms with Gasteiger partial charge in [-0.2, -0.15) is 0 Å². The first kappa shape index (κ1) is 13.3. The van der Waals surface area contributed by atoms with Crippen molar-refractivity contribution in [3.8, 4) is 0 Å². The fraction of sp³-hybridized carbons (Fsp3) is 0.333. The van der Waals surface area contributed by atoms with E-state index in [1.807, 2.05) is 0 Å². The number of carboxylic acid groups (broad SMARTS) is 1. The maximum Gasteiger partial charge on any atom is 0.338 e. The minimum Gasteiger partial charge on any atom is -0.478 e. The number of nitrogens with zero attached hydrogens (tertiary/aromatic N) is 1. The first-order valence-corrected chi connectivity index (χ1v) is 5.81. The number of aromatic carboxylic acids is 1. The van der Waals surface area contributed by atoms with Crippen molar-refractivity contribution in [3.63, 3.8) is 0 Å². The molecule has 2 rings (SSSR count). The zero-order valence-electron chi connectivity index (χ0n) is 10.1.